The predicted octanol–water partition coefficient (Wildman–Crippen LogP) is 2.72. The minimum Gasteiger partial charge on any atom is -0.479 e. The molecule has 0 saturated heterocycles. The summed E-state index contributed by atoms with van der Waals surface area (Å²) >= 11 is 0. The lowest BCUT2D eigenvalue weighted by molar-refractivity contribution is -0.122. The molecule has 0 saturated carbocycles. The van der Waals surface area contributed by atoms with Gasteiger partial charge >= 0.3 is 0 Å². The maximum absolute atomic E-state index is 11.6. The molecule has 1 aromatic carbocycles. The molecule has 1 aromatic heterocycles. The van der Waals surface area contributed by atoms with Crippen LogP contribution in [0.3, 0.4) is 0 Å². The highest BCUT2D eigenvalue weighted by atomic mass is 16.5. The van der Waals surface area contributed by atoms with Gasteiger partial charge in [0.25, 0.3) is 5.91 Å². The highest BCUT2D eigenvalue weighted by Gasteiger charge is 2.23. The molecule has 2 heterocycles. The number of carbonyl (C=O) groups excluding carboxylic acids is 1. The molecule has 1 aliphatic rings. The fourth-order valence-electron chi connectivity index (χ4n) is 2.20. The zero-order valence-electron chi connectivity index (χ0n) is 12.0. The quantitative estimate of drug-likeness (QED) is 0.909. The first-order valence-electron chi connectivity index (χ1n) is 6.88. The van der Waals surface area contributed by atoms with E-state index in [0.717, 1.165) is 11.3 Å². The molecule has 0 spiro atoms. The van der Waals surface area contributed by atoms with Crippen LogP contribution in [0.15, 0.2) is 36.7 Å². The predicted molar refractivity (Wildman–Crippen MR) is 81.5 cm³/mol. The molecular weight excluding hydrogens is 266 g/mol. The van der Waals surface area contributed by atoms with Gasteiger partial charge in [0.05, 0.1) is 5.69 Å². The molecule has 21 heavy (non-hydrogen) atoms. The highest BCUT2D eigenvalue weighted by Crippen LogP contribution is 2.32. The van der Waals surface area contributed by atoms with E-state index in [2.05, 4.69) is 22.5 Å². The fourth-order valence-corrected chi connectivity index (χ4v) is 2.20. The van der Waals surface area contributed by atoms with Crippen molar-refractivity contribution in [3.05, 3.63) is 47.8 Å². The van der Waals surface area contributed by atoms with E-state index in [-0.39, 0.29) is 5.91 Å². The fraction of sp³-hybridized carbons (Fsp3) is 0.250. The number of nitrogens with one attached hydrogen (secondary N) is 2. The summed E-state index contributed by atoms with van der Waals surface area (Å²) < 4.78 is 5.53. The number of nitrogens with zero attached hydrogens (tertiary/aromatic N) is 1. The van der Waals surface area contributed by atoms with Crippen molar-refractivity contribution in [2.24, 2.45) is 0 Å². The second kappa shape index (κ2) is 5.44. The standard InChI is InChI=1S/C16H17N3O2/c1-10-5-6-17-8-12(10)9-18-13-3-4-15-14(7-13)19-16(20)11(2)21-15/h3-8,11,18H,9H2,1-2H3,(H,19,20). The van der Waals surface area contributed by atoms with Gasteiger partial charge in [-0.1, -0.05) is 0 Å². The monoisotopic (exact) mass is 283 g/mol. The molecule has 0 radical (unpaired) electrons. The van der Waals surface area contributed by atoms with Gasteiger partial charge in [0, 0.05) is 24.6 Å². The van der Waals surface area contributed by atoms with Crippen molar-refractivity contribution in [1.29, 1.82) is 0 Å². The first-order chi connectivity index (χ1) is 10.1. The van der Waals surface area contributed by atoms with Crippen LogP contribution in [0.4, 0.5) is 11.4 Å². The average molecular weight is 283 g/mol. The van der Waals surface area contributed by atoms with Crippen molar-refractivity contribution in [2.45, 2.75) is 26.5 Å². The molecule has 0 fully saturated rings. The minimum atomic E-state index is -0.450. The van der Waals surface area contributed by atoms with Crippen LogP contribution in [-0.2, 0) is 11.3 Å². The molecule has 3 rings (SSSR count). The number of amides is 1. The summed E-state index contributed by atoms with van der Waals surface area (Å²) in [5.74, 6) is 0.577. The zero-order chi connectivity index (χ0) is 14.8. The Morgan fingerprint density at radius 2 is 2.24 bits per heavy atom. The van der Waals surface area contributed by atoms with Crippen molar-refractivity contribution in [1.82, 2.24) is 4.98 Å². The van der Waals surface area contributed by atoms with E-state index in [1.807, 2.05) is 30.5 Å². The summed E-state index contributed by atoms with van der Waals surface area (Å²) in [5, 5.41) is 6.17. The first kappa shape index (κ1) is 13.4. The maximum atomic E-state index is 11.6. The smallest absolute Gasteiger partial charge is 0.265 e. The third-order valence-electron chi connectivity index (χ3n) is 3.54. The molecule has 2 aromatic rings. The van der Waals surface area contributed by atoms with E-state index in [1.54, 1.807) is 13.1 Å². The lowest BCUT2D eigenvalue weighted by atomic mass is 10.1. The molecule has 5 heteroatoms. The molecule has 108 valence electrons. The molecule has 1 unspecified atom stereocenters. The van der Waals surface area contributed by atoms with Crippen molar-refractivity contribution >= 4 is 17.3 Å². The van der Waals surface area contributed by atoms with Gasteiger partial charge < -0.3 is 15.4 Å². The van der Waals surface area contributed by atoms with Gasteiger partial charge in [0.2, 0.25) is 0 Å². The Morgan fingerprint density at radius 1 is 1.38 bits per heavy atom. The Kier molecular flexibility index (Phi) is 3.48. The number of anilines is 2. The average Bonchev–Trinajstić information content (AvgIpc) is 2.48. The van der Waals surface area contributed by atoms with E-state index >= 15 is 0 Å². The normalized spacial score (nSPS) is 16.7. The van der Waals surface area contributed by atoms with Crippen LogP contribution in [0.5, 0.6) is 5.75 Å². The minimum absolute atomic E-state index is 0.122. The number of aromatic nitrogens is 1. The second-order valence-electron chi connectivity index (χ2n) is 5.12. The van der Waals surface area contributed by atoms with Crippen molar-refractivity contribution in [2.75, 3.05) is 10.6 Å². The molecule has 1 atom stereocenters. The largest absolute Gasteiger partial charge is 0.479 e. The SMILES string of the molecule is Cc1ccncc1CNc1ccc2c(c1)NC(=O)C(C)O2. The summed E-state index contributed by atoms with van der Waals surface area (Å²) in [7, 11) is 0. The Hall–Kier alpha value is -2.56. The Labute approximate surface area is 123 Å². The van der Waals surface area contributed by atoms with E-state index in [0.29, 0.717) is 18.0 Å². The lowest BCUT2D eigenvalue weighted by Crippen LogP contribution is -2.34. The number of ether oxygens (including phenoxy) is 1. The van der Waals surface area contributed by atoms with E-state index in [4.69, 9.17) is 4.74 Å². The number of carbonyl (C=O) groups is 1. The van der Waals surface area contributed by atoms with Crippen LogP contribution in [0.25, 0.3) is 0 Å². The number of rotatable bonds is 3. The third kappa shape index (κ3) is 2.81. The van der Waals surface area contributed by atoms with Gasteiger partial charge in [-0.3, -0.25) is 9.78 Å². The van der Waals surface area contributed by atoms with E-state index in [9.17, 15) is 4.79 Å². The number of hydrogen-bond donors (Lipinski definition) is 2. The number of fused-ring (bicyclic) bond motifs is 1. The van der Waals surface area contributed by atoms with Crippen LogP contribution in [-0.4, -0.2) is 17.0 Å². The van der Waals surface area contributed by atoms with Gasteiger partial charge in [-0.05, 0) is 49.2 Å². The number of pyridine rings is 1. The second-order valence-corrected chi connectivity index (χ2v) is 5.12. The summed E-state index contributed by atoms with van der Waals surface area (Å²) in [6.07, 6.45) is 3.19. The van der Waals surface area contributed by atoms with Gasteiger partial charge in [-0.25, -0.2) is 0 Å². The molecule has 0 aliphatic carbocycles. The van der Waals surface area contributed by atoms with Gasteiger partial charge in [0.15, 0.2) is 6.10 Å². The summed E-state index contributed by atoms with van der Waals surface area (Å²) in [6, 6.07) is 7.67. The van der Waals surface area contributed by atoms with Crippen molar-refractivity contribution in [3.8, 4) is 5.75 Å². The lowest BCUT2D eigenvalue weighted by Gasteiger charge is -2.23. The molecule has 0 bridgehead atoms. The molecule has 1 amide bonds. The number of benzene rings is 1. The summed E-state index contributed by atoms with van der Waals surface area (Å²) in [5.41, 5.74) is 3.96. The van der Waals surface area contributed by atoms with Crippen LogP contribution in [0, 0.1) is 6.92 Å². The molecule has 1 aliphatic heterocycles. The van der Waals surface area contributed by atoms with Gasteiger partial charge in [-0.2, -0.15) is 0 Å². The summed E-state index contributed by atoms with van der Waals surface area (Å²) in [4.78, 5) is 15.8. The van der Waals surface area contributed by atoms with Crippen LogP contribution in [0.2, 0.25) is 0 Å². The first-order valence-corrected chi connectivity index (χ1v) is 6.88. The Bertz CT molecular complexity index is 685. The van der Waals surface area contributed by atoms with Crippen LogP contribution in [0.1, 0.15) is 18.1 Å². The van der Waals surface area contributed by atoms with Gasteiger partial charge in [0.1, 0.15) is 5.75 Å². The zero-order valence-corrected chi connectivity index (χ0v) is 12.0. The van der Waals surface area contributed by atoms with Crippen LogP contribution >= 0.6 is 0 Å². The van der Waals surface area contributed by atoms with E-state index in [1.165, 1.54) is 5.56 Å². The molecule has 5 nitrogen and oxygen atoms in total. The third-order valence-corrected chi connectivity index (χ3v) is 3.54. The highest BCUT2D eigenvalue weighted by molar-refractivity contribution is 5.98. The number of aryl methyl sites for hydroxylation is 1. The number of hydrogen-bond acceptors (Lipinski definition) is 4. The molecule has 2 N–H and O–H groups in total. The van der Waals surface area contributed by atoms with E-state index < -0.39 is 6.10 Å². The van der Waals surface area contributed by atoms with Crippen molar-refractivity contribution in [3.63, 3.8) is 0 Å². The van der Waals surface area contributed by atoms with Crippen LogP contribution < -0.4 is 15.4 Å². The molecular formula is C16H17N3O2. The Balaban J connectivity index is 1.74. The summed E-state index contributed by atoms with van der Waals surface area (Å²) in [6.45, 7) is 4.47. The Morgan fingerprint density at radius 3 is 3.05 bits per heavy atom. The van der Waals surface area contributed by atoms with Gasteiger partial charge in [-0.15, -0.1) is 0 Å². The maximum Gasteiger partial charge on any atom is 0.265 e. The van der Waals surface area contributed by atoms with Crippen molar-refractivity contribution < 1.29 is 9.53 Å². The topological polar surface area (TPSA) is 63.2 Å².